The van der Waals surface area contributed by atoms with Gasteiger partial charge in [0.05, 0.1) is 6.10 Å². The number of aliphatic imine (C=N–C) groups is 1. The fourth-order valence-corrected chi connectivity index (χ4v) is 1.69. The Hall–Kier alpha value is -0.770. The predicted molar refractivity (Wildman–Crippen MR) is 63.0 cm³/mol. The Kier molecular flexibility index (Phi) is 5.47. The molecule has 0 aromatic carbocycles. The summed E-state index contributed by atoms with van der Waals surface area (Å²) in [7, 11) is 3.81. The van der Waals surface area contributed by atoms with E-state index in [0.717, 1.165) is 26.0 Å². The molecule has 1 rings (SSSR count). The highest BCUT2D eigenvalue weighted by Gasteiger charge is 2.12. The van der Waals surface area contributed by atoms with Crippen molar-refractivity contribution in [1.29, 1.82) is 0 Å². The van der Waals surface area contributed by atoms with Crippen LogP contribution in [-0.2, 0) is 4.74 Å². The molecule has 1 fully saturated rings. The second kappa shape index (κ2) is 6.67. The Labute approximate surface area is 92.5 Å². The van der Waals surface area contributed by atoms with Crippen molar-refractivity contribution in [2.45, 2.75) is 38.2 Å². The third-order valence-electron chi connectivity index (χ3n) is 2.69. The Morgan fingerprint density at radius 2 is 2.27 bits per heavy atom. The lowest BCUT2D eigenvalue weighted by molar-refractivity contribution is 0.0105. The minimum absolute atomic E-state index is 0.467. The Morgan fingerprint density at radius 3 is 2.87 bits per heavy atom. The van der Waals surface area contributed by atoms with Gasteiger partial charge >= 0.3 is 0 Å². The maximum Gasteiger partial charge on any atom is 0.190 e. The molecule has 1 unspecified atom stereocenters. The zero-order valence-electron chi connectivity index (χ0n) is 9.91. The SMILES string of the molecule is CN(C)C(N)=NCCCC1CCCCO1. The summed E-state index contributed by atoms with van der Waals surface area (Å²) >= 11 is 0. The maximum absolute atomic E-state index is 5.68. The number of guanidine groups is 1. The van der Waals surface area contributed by atoms with E-state index in [1.807, 2.05) is 19.0 Å². The van der Waals surface area contributed by atoms with Crippen LogP contribution in [0.3, 0.4) is 0 Å². The van der Waals surface area contributed by atoms with Crippen LogP contribution in [0.25, 0.3) is 0 Å². The highest BCUT2D eigenvalue weighted by atomic mass is 16.5. The van der Waals surface area contributed by atoms with Crippen molar-refractivity contribution in [3.63, 3.8) is 0 Å². The van der Waals surface area contributed by atoms with Crippen molar-refractivity contribution in [2.24, 2.45) is 10.7 Å². The molecule has 0 aliphatic carbocycles. The molecule has 2 N–H and O–H groups in total. The first kappa shape index (κ1) is 12.3. The van der Waals surface area contributed by atoms with Crippen LogP contribution in [-0.4, -0.2) is 44.2 Å². The van der Waals surface area contributed by atoms with Crippen LogP contribution in [0.1, 0.15) is 32.1 Å². The minimum Gasteiger partial charge on any atom is -0.378 e. The molecule has 0 saturated carbocycles. The molecule has 1 atom stereocenters. The van der Waals surface area contributed by atoms with Crippen LogP contribution in [0, 0.1) is 0 Å². The maximum atomic E-state index is 5.68. The van der Waals surface area contributed by atoms with Crippen molar-refractivity contribution in [2.75, 3.05) is 27.2 Å². The Balaban J connectivity index is 2.07. The van der Waals surface area contributed by atoms with Crippen molar-refractivity contribution in [3.05, 3.63) is 0 Å². The van der Waals surface area contributed by atoms with Gasteiger partial charge in [0, 0.05) is 27.2 Å². The highest BCUT2D eigenvalue weighted by molar-refractivity contribution is 5.77. The van der Waals surface area contributed by atoms with E-state index in [2.05, 4.69) is 4.99 Å². The second-order valence-electron chi connectivity index (χ2n) is 4.27. The Bertz CT molecular complexity index is 198. The summed E-state index contributed by atoms with van der Waals surface area (Å²) in [5, 5.41) is 0. The van der Waals surface area contributed by atoms with E-state index < -0.39 is 0 Å². The van der Waals surface area contributed by atoms with Crippen molar-refractivity contribution >= 4 is 5.96 Å². The summed E-state index contributed by atoms with van der Waals surface area (Å²) in [5.74, 6) is 0.611. The zero-order valence-corrected chi connectivity index (χ0v) is 9.91. The number of rotatable bonds is 4. The lowest BCUT2D eigenvalue weighted by Gasteiger charge is -2.22. The second-order valence-corrected chi connectivity index (χ2v) is 4.27. The summed E-state index contributed by atoms with van der Waals surface area (Å²) in [6.07, 6.45) is 6.40. The first-order valence-corrected chi connectivity index (χ1v) is 5.79. The van der Waals surface area contributed by atoms with E-state index in [0.29, 0.717) is 12.1 Å². The molecule has 15 heavy (non-hydrogen) atoms. The van der Waals surface area contributed by atoms with Crippen molar-refractivity contribution < 1.29 is 4.74 Å². The summed E-state index contributed by atoms with van der Waals surface area (Å²) in [6.45, 7) is 1.75. The number of hydrogen-bond donors (Lipinski definition) is 1. The van der Waals surface area contributed by atoms with E-state index in [4.69, 9.17) is 10.5 Å². The monoisotopic (exact) mass is 213 g/mol. The molecule has 0 spiro atoms. The minimum atomic E-state index is 0.467. The highest BCUT2D eigenvalue weighted by Crippen LogP contribution is 2.16. The number of ether oxygens (including phenoxy) is 1. The van der Waals surface area contributed by atoms with Crippen LogP contribution >= 0.6 is 0 Å². The molecule has 88 valence electrons. The topological polar surface area (TPSA) is 50.8 Å². The summed E-state index contributed by atoms with van der Waals surface area (Å²) in [6, 6.07) is 0. The van der Waals surface area contributed by atoms with Gasteiger partial charge in [0.1, 0.15) is 0 Å². The lowest BCUT2D eigenvalue weighted by atomic mass is 10.1. The van der Waals surface area contributed by atoms with E-state index in [1.54, 1.807) is 0 Å². The summed E-state index contributed by atoms with van der Waals surface area (Å²) in [4.78, 5) is 6.10. The molecule has 0 amide bonds. The van der Waals surface area contributed by atoms with Gasteiger partial charge in [-0.25, -0.2) is 0 Å². The van der Waals surface area contributed by atoms with Crippen LogP contribution in [0.15, 0.2) is 4.99 Å². The fraction of sp³-hybridized carbons (Fsp3) is 0.909. The van der Waals surface area contributed by atoms with Gasteiger partial charge in [0.2, 0.25) is 0 Å². The summed E-state index contributed by atoms with van der Waals surface area (Å²) < 4.78 is 5.64. The smallest absolute Gasteiger partial charge is 0.190 e. The van der Waals surface area contributed by atoms with Gasteiger partial charge in [-0.1, -0.05) is 0 Å². The molecule has 0 bridgehead atoms. The molecular formula is C11H23N3O. The third kappa shape index (κ3) is 5.02. The molecule has 0 aromatic heterocycles. The summed E-state index contributed by atoms with van der Waals surface area (Å²) in [5.41, 5.74) is 5.68. The van der Waals surface area contributed by atoms with E-state index in [1.165, 1.54) is 19.3 Å². The van der Waals surface area contributed by atoms with Gasteiger partial charge in [-0.15, -0.1) is 0 Å². The van der Waals surface area contributed by atoms with E-state index in [9.17, 15) is 0 Å². The van der Waals surface area contributed by atoms with Gasteiger partial charge < -0.3 is 15.4 Å². The number of nitrogens with two attached hydrogens (primary N) is 1. The average Bonchev–Trinajstić information content (AvgIpc) is 2.25. The fourth-order valence-electron chi connectivity index (χ4n) is 1.69. The first-order chi connectivity index (χ1) is 7.20. The van der Waals surface area contributed by atoms with Gasteiger partial charge in [-0.3, -0.25) is 4.99 Å². The number of nitrogens with zero attached hydrogens (tertiary/aromatic N) is 2. The zero-order chi connectivity index (χ0) is 11.1. The Morgan fingerprint density at radius 1 is 1.47 bits per heavy atom. The van der Waals surface area contributed by atoms with Gasteiger partial charge in [-0.05, 0) is 32.1 Å². The molecule has 1 aliphatic rings. The third-order valence-corrected chi connectivity index (χ3v) is 2.69. The molecule has 1 heterocycles. The lowest BCUT2D eigenvalue weighted by Crippen LogP contribution is -2.30. The van der Waals surface area contributed by atoms with Crippen molar-refractivity contribution in [1.82, 2.24) is 4.90 Å². The van der Waals surface area contributed by atoms with Crippen molar-refractivity contribution in [3.8, 4) is 0 Å². The molecule has 1 aliphatic heterocycles. The molecule has 4 heteroatoms. The largest absolute Gasteiger partial charge is 0.378 e. The van der Waals surface area contributed by atoms with Gasteiger partial charge in [0.15, 0.2) is 5.96 Å². The quantitative estimate of drug-likeness (QED) is 0.434. The normalized spacial score (nSPS) is 22.8. The van der Waals surface area contributed by atoms with Crippen LogP contribution in [0.5, 0.6) is 0 Å². The van der Waals surface area contributed by atoms with Crippen LogP contribution < -0.4 is 5.73 Å². The average molecular weight is 213 g/mol. The van der Waals surface area contributed by atoms with E-state index >= 15 is 0 Å². The molecule has 4 nitrogen and oxygen atoms in total. The predicted octanol–water partition coefficient (Wildman–Crippen LogP) is 1.21. The standard InChI is InChI=1S/C11H23N3O/c1-14(2)11(12)13-8-5-7-10-6-3-4-9-15-10/h10H,3-9H2,1-2H3,(H2,12,13). The van der Waals surface area contributed by atoms with Crippen LogP contribution in [0.4, 0.5) is 0 Å². The molecule has 1 saturated heterocycles. The molecule has 0 radical (unpaired) electrons. The van der Waals surface area contributed by atoms with Gasteiger partial charge in [0.25, 0.3) is 0 Å². The van der Waals surface area contributed by atoms with Gasteiger partial charge in [-0.2, -0.15) is 0 Å². The number of hydrogen-bond acceptors (Lipinski definition) is 2. The van der Waals surface area contributed by atoms with E-state index in [-0.39, 0.29) is 0 Å². The molecular weight excluding hydrogens is 190 g/mol. The first-order valence-electron chi connectivity index (χ1n) is 5.79. The molecule has 0 aromatic rings. The van der Waals surface area contributed by atoms with Crippen LogP contribution in [0.2, 0.25) is 0 Å².